The number of aromatic nitrogens is 4. The smallest absolute Gasteiger partial charge is 0.266 e. The Balaban J connectivity index is 1.32. The zero-order chi connectivity index (χ0) is 28.1. The van der Waals surface area contributed by atoms with Crippen LogP contribution in [0.2, 0.25) is 0 Å². The number of sulfone groups is 1. The van der Waals surface area contributed by atoms with Crippen molar-refractivity contribution in [3.05, 3.63) is 30.0 Å². The van der Waals surface area contributed by atoms with E-state index in [0.717, 1.165) is 25.9 Å². The molecule has 0 unspecified atom stereocenters. The first-order valence-electron chi connectivity index (χ1n) is 13.6. The monoisotopic (exact) mass is 574 g/mol. The zero-order valence-electron chi connectivity index (χ0n) is 22.3. The van der Waals surface area contributed by atoms with Gasteiger partial charge in [-0.3, -0.25) is 0 Å². The Bertz CT molecular complexity index is 1500. The van der Waals surface area contributed by atoms with Gasteiger partial charge in [-0.05, 0) is 62.3 Å². The number of alkyl halides is 2. The maximum absolute atomic E-state index is 13.7. The van der Waals surface area contributed by atoms with Crippen molar-refractivity contribution in [2.75, 3.05) is 48.3 Å². The molecule has 3 aliphatic rings. The van der Waals surface area contributed by atoms with E-state index < -0.39 is 22.4 Å². The molecule has 2 aromatic heterocycles. The third-order valence-electron chi connectivity index (χ3n) is 8.30. The number of rotatable bonds is 7. The summed E-state index contributed by atoms with van der Waals surface area (Å²) in [6, 6.07) is 6.50. The number of benzene rings is 1. The van der Waals surface area contributed by atoms with Gasteiger partial charge in [-0.1, -0.05) is 0 Å². The highest BCUT2D eigenvalue weighted by atomic mass is 32.2. The minimum Gasteiger partial charge on any atom is -0.415 e. The number of hydrogen-bond acceptors (Lipinski definition) is 10. The Labute approximate surface area is 231 Å². The average molecular weight is 575 g/mol. The Morgan fingerprint density at radius 1 is 0.925 bits per heavy atom. The molecule has 0 bridgehead atoms. The van der Waals surface area contributed by atoms with Crippen LogP contribution in [0.1, 0.15) is 44.2 Å². The van der Waals surface area contributed by atoms with E-state index >= 15 is 0 Å². The number of halogens is 2. The number of piperidine rings is 2. The molecule has 2 aliphatic heterocycles. The van der Waals surface area contributed by atoms with Crippen molar-refractivity contribution < 1.29 is 26.7 Å². The van der Waals surface area contributed by atoms with E-state index in [9.17, 15) is 22.3 Å². The van der Waals surface area contributed by atoms with Crippen LogP contribution in [0.5, 0.6) is 0 Å². The van der Waals surface area contributed by atoms with Crippen molar-refractivity contribution in [2.45, 2.75) is 56.3 Å². The minimum atomic E-state index is -3.66. The van der Waals surface area contributed by atoms with Gasteiger partial charge in [-0.2, -0.15) is 0 Å². The Morgan fingerprint density at radius 2 is 1.60 bits per heavy atom. The highest BCUT2D eigenvalue weighted by Gasteiger charge is 2.44. The first-order chi connectivity index (χ1) is 19.1. The maximum Gasteiger partial charge on any atom is 0.266 e. The second-order valence-corrected chi connectivity index (χ2v) is 13.3. The molecule has 1 aliphatic carbocycles. The van der Waals surface area contributed by atoms with Crippen molar-refractivity contribution in [1.82, 2.24) is 20.2 Å². The van der Waals surface area contributed by atoms with E-state index in [0.29, 0.717) is 34.0 Å². The van der Waals surface area contributed by atoms with Gasteiger partial charge in [-0.15, -0.1) is 10.2 Å². The summed E-state index contributed by atoms with van der Waals surface area (Å²) in [5.41, 5.74) is 2.76. The van der Waals surface area contributed by atoms with Crippen molar-refractivity contribution >= 4 is 21.5 Å². The van der Waals surface area contributed by atoms with Crippen LogP contribution in [-0.2, 0) is 9.84 Å². The van der Waals surface area contributed by atoms with Gasteiger partial charge < -0.3 is 19.3 Å². The lowest BCUT2D eigenvalue weighted by molar-refractivity contribution is -0.0222. The lowest BCUT2D eigenvalue weighted by atomic mass is 9.93. The zero-order valence-corrected chi connectivity index (χ0v) is 23.1. The predicted octanol–water partition coefficient (Wildman–Crippen LogP) is 3.88. The summed E-state index contributed by atoms with van der Waals surface area (Å²) in [4.78, 5) is 13.0. The van der Waals surface area contributed by atoms with Crippen LogP contribution in [0, 0.1) is 12.3 Å². The summed E-state index contributed by atoms with van der Waals surface area (Å²) in [7, 11) is -3.66. The van der Waals surface area contributed by atoms with Crippen molar-refractivity contribution in [2.24, 2.45) is 5.41 Å². The molecule has 10 nitrogen and oxygen atoms in total. The fraction of sp³-hybridized carbons (Fsp3) is 0.556. The molecule has 2 saturated heterocycles. The molecular formula is C27H32F2N6O4S. The summed E-state index contributed by atoms with van der Waals surface area (Å²) in [5, 5.41) is 17.8. The number of aliphatic hydroxyl groups is 1. The number of nitrogens with zero attached hydrogens (tertiary/aromatic N) is 6. The topological polar surface area (TPSA) is 126 Å². The van der Waals surface area contributed by atoms with Gasteiger partial charge in [-0.25, -0.2) is 27.2 Å². The summed E-state index contributed by atoms with van der Waals surface area (Å²) in [6.45, 7) is 3.21. The fourth-order valence-corrected chi connectivity index (χ4v) is 6.60. The van der Waals surface area contributed by atoms with Gasteiger partial charge in [0, 0.05) is 44.7 Å². The second kappa shape index (κ2) is 10.0. The largest absolute Gasteiger partial charge is 0.415 e. The van der Waals surface area contributed by atoms with Gasteiger partial charge in [0.1, 0.15) is 5.69 Å². The third kappa shape index (κ3) is 5.40. The van der Waals surface area contributed by atoms with Crippen LogP contribution in [0.4, 0.5) is 20.4 Å². The predicted molar refractivity (Wildman–Crippen MR) is 144 cm³/mol. The third-order valence-corrected chi connectivity index (χ3v) is 10.00. The lowest BCUT2D eigenvalue weighted by Gasteiger charge is -2.34. The van der Waals surface area contributed by atoms with E-state index in [1.807, 2.05) is 0 Å². The molecule has 0 atom stereocenters. The van der Waals surface area contributed by atoms with E-state index in [-0.39, 0.29) is 48.4 Å². The highest BCUT2D eigenvalue weighted by molar-refractivity contribution is 7.91. The quantitative estimate of drug-likeness (QED) is 0.444. The molecule has 6 rings (SSSR count). The van der Waals surface area contributed by atoms with Gasteiger partial charge in [0.2, 0.25) is 11.8 Å². The normalized spacial score (nSPS) is 20.2. The van der Waals surface area contributed by atoms with Crippen LogP contribution in [-0.4, -0.2) is 78.2 Å². The van der Waals surface area contributed by atoms with Crippen molar-refractivity contribution in [1.29, 1.82) is 0 Å². The molecule has 4 heterocycles. The van der Waals surface area contributed by atoms with Crippen LogP contribution < -0.4 is 9.80 Å². The van der Waals surface area contributed by atoms with E-state index in [1.165, 1.54) is 18.9 Å². The molecule has 13 heteroatoms. The number of aryl methyl sites for hydroxylation is 1. The maximum atomic E-state index is 13.7. The second-order valence-electron chi connectivity index (χ2n) is 11.2. The Hall–Kier alpha value is -3.19. The van der Waals surface area contributed by atoms with Crippen LogP contribution in [0.25, 0.3) is 23.0 Å². The summed E-state index contributed by atoms with van der Waals surface area (Å²) in [6.07, 6.45) is 4.06. The summed E-state index contributed by atoms with van der Waals surface area (Å²) in [5.74, 6) is -2.32. The molecular weight excluding hydrogens is 542 g/mol. The lowest BCUT2D eigenvalue weighted by Crippen LogP contribution is -2.40. The Kier molecular flexibility index (Phi) is 6.76. The highest BCUT2D eigenvalue weighted by Crippen LogP contribution is 2.54. The fourth-order valence-electron chi connectivity index (χ4n) is 5.56. The number of aliphatic hydroxyl groups excluding tert-OH is 1. The van der Waals surface area contributed by atoms with Gasteiger partial charge in [0.25, 0.3) is 11.8 Å². The van der Waals surface area contributed by atoms with Gasteiger partial charge >= 0.3 is 0 Å². The van der Waals surface area contributed by atoms with Gasteiger partial charge in [0.05, 0.1) is 28.5 Å². The summed E-state index contributed by atoms with van der Waals surface area (Å²) < 4.78 is 58.9. The minimum absolute atomic E-state index is 0.134. The van der Waals surface area contributed by atoms with Crippen LogP contribution >= 0.6 is 0 Å². The molecule has 3 aromatic rings. The summed E-state index contributed by atoms with van der Waals surface area (Å²) >= 11 is 0. The average Bonchev–Trinajstić information content (AvgIpc) is 3.48. The SMILES string of the molecule is Cc1cc(-c2nnc(-c3ccc(S(=O)(=O)CCO)cc3N3CCC4(CC3)CC4)o2)nc(N2CCC(F)(F)CC2)n1. The molecule has 1 N–H and O–H groups in total. The number of hydrogen-bond donors (Lipinski definition) is 1. The first-order valence-corrected chi connectivity index (χ1v) is 15.3. The standard InChI is InChI=1S/C27H32F2N6O4S/c1-18-16-21(31-25(30-18)35-12-8-27(28,29)9-13-35)24-33-32-23(39-24)20-3-2-19(40(37,38)15-14-36)17-22(20)34-10-6-26(4-5-26)7-11-34/h2-3,16-17,36H,4-15H2,1H3. The van der Waals surface area contributed by atoms with Crippen LogP contribution in [0.15, 0.2) is 33.6 Å². The Morgan fingerprint density at radius 3 is 2.27 bits per heavy atom. The molecule has 3 fully saturated rings. The molecule has 214 valence electrons. The van der Waals surface area contributed by atoms with Gasteiger partial charge in [0.15, 0.2) is 9.84 Å². The molecule has 1 saturated carbocycles. The van der Waals surface area contributed by atoms with E-state index in [1.54, 1.807) is 30.0 Å². The first kappa shape index (κ1) is 27.0. The van der Waals surface area contributed by atoms with E-state index in [2.05, 4.69) is 25.1 Å². The van der Waals surface area contributed by atoms with Crippen molar-refractivity contribution in [3.63, 3.8) is 0 Å². The molecule has 1 aromatic carbocycles. The number of anilines is 2. The molecule has 1 spiro atoms. The molecule has 40 heavy (non-hydrogen) atoms. The van der Waals surface area contributed by atoms with Crippen LogP contribution in [0.3, 0.4) is 0 Å². The van der Waals surface area contributed by atoms with E-state index in [4.69, 9.17) is 4.42 Å². The molecule has 0 radical (unpaired) electrons. The molecule has 0 amide bonds. The van der Waals surface area contributed by atoms with Crippen molar-refractivity contribution in [3.8, 4) is 23.0 Å².